The van der Waals surface area contributed by atoms with Crippen LogP contribution in [0, 0.1) is 5.92 Å². The van der Waals surface area contributed by atoms with Crippen molar-refractivity contribution in [3.8, 4) is 17.2 Å². The van der Waals surface area contributed by atoms with Crippen LogP contribution in [0.4, 0.5) is 0 Å². The molecule has 1 atom stereocenters. The van der Waals surface area contributed by atoms with Crippen molar-refractivity contribution in [2.45, 2.75) is 26.3 Å². The van der Waals surface area contributed by atoms with Crippen molar-refractivity contribution in [3.05, 3.63) is 17.7 Å². The van der Waals surface area contributed by atoms with Crippen molar-refractivity contribution < 1.29 is 19.3 Å². The van der Waals surface area contributed by atoms with E-state index in [9.17, 15) is 0 Å². The maximum absolute atomic E-state index is 8.97. The molecule has 0 radical (unpaired) electrons. The molecule has 0 aliphatic heterocycles. The fourth-order valence-corrected chi connectivity index (χ4v) is 2.14. The van der Waals surface area contributed by atoms with Crippen LogP contribution < -0.4 is 19.5 Å². The standard InChI is InChI=1S/C16H27NO4/c1-12(11-18)6-5-7-17-10-13-8-14(19-2)16(21-4)15(9-13)20-3/h8-9,12,17-18H,5-7,10-11H2,1-4H3. The first-order valence-corrected chi connectivity index (χ1v) is 7.26. The van der Waals surface area contributed by atoms with Crippen LogP contribution in [0.25, 0.3) is 0 Å². The molecule has 0 bridgehead atoms. The lowest BCUT2D eigenvalue weighted by molar-refractivity contribution is 0.228. The quantitative estimate of drug-likeness (QED) is 0.648. The SMILES string of the molecule is COc1cc(CNCCCC(C)CO)cc(OC)c1OC. The van der Waals surface area contributed by atoms with Gasteiger partial charge >= 0.3 is 0 Å². The minimum Gasteiger partial charge on any atom is -0.493 e. The molecule has 1 rings (SSSR count). The molecule has 21 heavy (non-hydrogen) atoms. The van der Waals surface area contributed by atoms with Gasteiger partial charge in [0.15, 0.2) is 11.5 Å². The molecule has 0 aromatic heterocycles. The number of aliphatic hydroxyl groups is 1. The van der Waals surface area contributed by atoms with Gasteiger partial charge in [0, 0.05) is 13.2 Å². The minimum atomic E-state index is 0.257. The Morgan fingerprint density at radius 3 is 2.19 bits per heavy atom. The molecule has 5 nitrogen and oxygen atoms in total. The molecule has 0 fully saturated rings. The summed E-state index contributed by atoms with van der Waals surface area (Å²) in [5, 5.41) is 12.4. The van der Waals surface area contributed by atoms with E-state index >= 15 is 0 Å². The molecule has 0 saturated carbocycles. The van der Waals surface area contributed by atoms with Gasteiger partial charge in [-0.05, 0) is 43.0 Å². The Kier molecular flexibility index (Phi) is 7.93. The first-order valence-electron chi connectivity index (χ1n) is 7.26. The number of benzene rings is 1. The van der Waals surface area contributed by atoms with Crippen molar-refractivity contribution in [1.29, 1.82) is 0 Å². The van der Waals surface area contributed by atoms with Gasteiger partial charge in [0.2, 0.25) is 5.75 Å². The summed E-state index contributed by atoms with van der Waals surface area (Å²) in [7, 11) is 4.83. The fraction of sp³-hybridized carbons (Fsp3) is 0.625. The first-order chi connectivity index (χ1) is 10.2. The molecule has 0 spiro atoms. The summed E-state index contributed by atoms with van der Waals surface area (Å²) in [5.41, 5.74) is 1.08. The first kappa shape index (κ1) is 17.6. The van der Waals surface area contributed by atoms with Crippen molar-refractivity contribution >= 4 is 0 Å². The summed E-state index contributed by atoms with van der Waals surface area (Å²) < 4.78 is 16.0. The normalized spacial score (nSPS) is 12.0. The molecule has 0 heterocycles. The van der Waals surface area contributed by atoms with Crippen LogP contribution in [0.1, 0.15) is 25.3 Å². The second-order valence-corrected chi connectivity index (χ2v) is 5.14. The van der Waals surface area contributed by atoms with Crippen LogP contribution in [-0.4, -0.2) is 39.6 Å². The van der Waals surface area contributed by atoms with E-state index in [1.807, 2.05) is 12.1 Å². The van der Waals surface area contributed by atoms with Crippen molar-refractivity contribution in [3.63, 3.8) is 0 Å². The molecule has 0 aliphatic carbocycles. The van der Waals surface area contributed by atoms with Crippen molar-refractivity contribution in [1.82, 2.24) is 5.32 Å². The Hall–Kier alpha value is -1.46. The van der Waals surface area contributed by atoms with Crippen molar-refractivity contribution in [2.24, 2.45) is 5.92 Å². The van der Waals surface area contributed by atoms with Gasteiger partial charge in [-0.1, -0.05) is 6.92 Å². The van der Waals surface area contributed by atoms with Crippen molar-refractivity contribution in [2.75, 3.05) is 34.5 Å². The number of rotatable bonds is 10. The monoisotopic (exact) mass is 297 g/mol. The van der Waals surface area contributed by atoms with E-state index < -0.39 is 0 Å². The fourth-order valence-electron chi connectivity index (χ4n) is 2.14. The molecule has 1 aromatic carbocycles. The Morgan fingerprint density at radius 1 is 1.10 bits per heavy atom. The average molecular weight is 297 g/mol. The zero-order chi connectivity index (χ0) is 15.7. The smallest absolute Gasteiger partial charge is 0.203 e. The minimum absolute atomic E-state index is 0.257. The van der Waals surface area contributed by atoms with Crippen LogP contribution in [0.2, 0.25) is 0 Å². The zero-order valence-corrected chi connectivity index (χ0v) is 13.4. The second kappa shape index (κ2) is 9.47. The van der Waals surface area contributed by atoms with Gasteiger partial charge in [0.1, 0.15) is 0 Å². The molecule has 120 valence electrons. The number of hydrogen-bond acceptors (Lipinski definition) is 5. The van der Waals surface area contributed by atoms with Gasteiger partial charge < -0.3 is 24.6 Å². The summed E-state index contributed by atoms with van der Waals surface area (Å²) in [4.78, 5) is 0. The van der Waals surface area contributed by atoms with Gasteiger partial charge in [-0.2, -0.15) is 0 Å². The van der Waals surface area contributed by atoms with E-state index in [-0.39, 0.29) is 6.61 Å². The number of hydrogen-bond donors (Lipinski definition) is 2. The lowest BCUT2D eigenvalue weighted by Gasteiger charge is -2.14. The lowest BCUT2D eigenvalue weighted by atomic mass is 10.1. The third-order valence-electron chi connectivity index (χ3n) is 3.42. The Bertz CT molecular complexity index is 398. The van der Waals surface area contributed by atoms with Crippen LogP contribution in [-0.2, 0) is 6.54 Å². The van der Waals surface area contributed by atoms with Gasteiger partial charge in [0.05, 0.1) is 21.3 Å². The number of ether oxygens (including phenoxy) is 3. The molecule has 0 saturated heterocycles. The highest BCUT2D eigenvalue weighted by molar-refractivity contribution is 5.53. The van der Waals surface area contributed by atoms with Gasteiger partial charge in [0.25, 0.3) is 0 Å². The molecule has 1 unspecified atom stereocenters. The predicted octanol–water partition coefficient (Wildman–Crippen LogP) is 2.21. The van der Waals surface area contributed by atoms with E-state index in [2.05, 4.69) is 12.2 Å². The molecule has 5 heteroatoms. The molecular weight excluding hydrogens is 270 g/mol. The Morgan fingerprint density at radius 2 is 1.71 bits per heavy atom. The maximum atomic E-state index is 8.97. The molecule has 0 amide bonds. The third-order valence-corrected chi connectivity index (χ3v) is 3.42. The van der Waals surface area contributed by atoms with E-state index in [1.54, 1.807) is 21.3 Å². The van der Waals surface area contributed by atoms with Gasteiger partial charge in [-0.3, -0.25) is 0 Å². The van der Waals surface area contributed by atoms with Crippen LogP contribution in [0.15, 0.2) is 12.1 Å². The van der Waals surface area contributed by atoms with E-state index in [4.69, 9.17) is 19.3 Å². The molecule has 0 aliphatic rings. The zero-order valence-electron chi connectivity index (χ0n) is 13.4. The summed E-state index contributed by atoms with van der Waals surface area (Å²) >= 11 is 0. The summed E-state index contributed by atoms with van der Waals surface area (Å²) in [6.45, 7) is 3.97. The summed E-state index contributed by atoms with van der Waals surface area (Å²) in [6, 6.07) is 3.90. The van der Waals surface area contributed by atoms with E-state index in [0.717, 1.165) is 31.5 Å². The molecule has 2 N–H and O–H groups in total. The van der Waals surface area contributed by atoms with Crippen LogP contribution in [0.3, 0.4) is 0 Å². The van der Waals surface area contributed by atoms with E-state index in [0.29, 0.717) is 23.2 Å². The highest BCUT2D eigenvalue weighted by Crippen LogP contribution is 2.38. The molecular formula is C16H27NO4. The molecule has 1 aromatic rings. The van der Waals surface area contributed by atoms with Crippen LogP contribution in [0.5, 0.6) is 17.2 Å². The average Bonchev–Trinajstić information content (AvgIpc) is 2.52. The largest absolute Gasteiger partial charge is 0.493 e. The summed E-state index contributed by atoms with van der Waals surface area (Å²) in [6.07, 6.45) is 2.07. The second-order valence-electron chi connectivity index (χ2n) is 5.14. The maximum Gasteiger partial charge on any atom is 0.203 e. The number of nitrogens with one attached hydrogen (secondary N) is 1. The lowest BCUT2D eigenvalue weighted by Crippen LogP contribution is -2.16. The summed E-state index contributed by atoms with van der Waals surface area (Å²) in [5.74, 6) is 2.32. The number of aliphatic hydroxyl groups excluding tert-OH is 1. The third kappa shape index (κ3) is 5.44. The predicted molar refractivity (Wildman–Crippen MR) is 83.3 cm³/mol. The van der Waals surface area contributed by atoms with Gasteiger partial charge in [-0.15, -0.1) is 0 Å². The highest BCUT2D eigenvalue weighted by atomic mass is 16.5. The van der Waals surface area contributed by atoms with Crippen LogP contribution >= 0.6 is 0 Å². The highest BCUT2D eigenvalue weighted by Gasteiger charge is 2.12. The number of methoxy groups -OCH3 is 3. The topological polar surface area (TPSA) is 60.0 Å². The Labute approximate surface area is 127 Å². The van der Waals surface area contributed by atoms with E-state index in [1.165, 1.54) is 0 Å². The Balaban J connectivity index is 2.55. The van der Waals surface area contributed by atoms with Gasteiger partial charge in [-0.25, -0.2) is 0 Å².